The number of nitrogens with one attached hydrogen (secondary N) is 3. The van der Waals surface area contributed by atoms with E-state index in [-0.39, 0.29) is 6.03 Å². The van der Waals surface area contributed by atoms with Gasteiger partial charge in [-0.15, -0.1) is 0 Å². The van der Waals surface area contributed by atoms with Crippen LogP contribution in [0.4, 0.5) is 27.5 Å². The molecular formula is C20H18ClN3O2. The first kappa shape index (κ1) is 17.6. The minimum absolute atomic E-state index is 0.293. The highest BCUT2D eigenvalue weighted by Crippen LogP contribution is 2.29. The Balaban J connectivity index is 1.59. The molecule has 0 aromatic heterocycles. The van der Waals surface area contributed by atoms with Gasteiger partial charge in [0.25, 0.3) is 0 Å². The quantitative estimate of drug-likeness (QED) is 0.539. The SMILES string of the molecule is COc1ccc(Nc2ccc(NC(=O)Nc3ccccc3)cc2)cc1Cl. The summed E-state index contributed by atoms with van der Waals surface area (Å²) in [6.07, 6.45) is 0. The number of rotatable bonds is 5. The first-order chi connectivity index (χ1) is 12.6. The monoisotopic (exact) mass is 367 g/mol. The van der Waals surface area contributed by atoms with E-state index in [4.69, 9.17) is 16.3 Å². The highest BCUT2D eigenvalue weighted by Gasteiger charge is 2.04. The highest BCUT2D eigenvalue weighted by molar-refractivity contribution is 6.32. The van der Waals surface area contributed by atoms with E-state index in [1.807, 2.05) is 60.7 Å². The zero-order valence-electron chi connectivity index (χ0n) is 14.1. The normalized spacial score (nSPS) is 10.1. The third kappa shape index (κ3) is 4.68. The van der Waals surface area contributed by atoms with Crippen molar-refractivity contribution in [3.63, 3.8) is 0 Å². The minimum atomic E-state index is -0.293. The van der Waals surface area contributed by atoms with E-state index in [9.17, 15) is 4.79 Å². The van der Waals surface area contributed by atoms with Gasteiger partial charge in [-0.2, -0.15) is 0 Å². The molecule has 0 atom stereocenters. The Morgan fingerprint density at radius 3 is 2.00 bits per heavy atom. The van der Waals surface area contributed by atoms with Crippen LogP contribution < -0.4 is 20.7 Å². The van der Waals surface area contributed by atoms with E-state index < -0.39 is 0 Å². The van der Waals surface area contributed by atoms with Crippen molar-refractivity contribution in [3.05, 3.63) is 77.8 Å². The number of hydrogen-bond acceptors (Lipinski definition) is 3. The third-order valence-electron chi connectivity index (χ3n) is 3.61. The van der Waals surface area contributed by atoms with Crippen molar-refractivity contribution >= 4 is 40.4 Å². The Morgan fingerprint density at radius 1 is 0.808 bits per heavy atom. The number of carbonyl (C=O) groups is 1. The van der Waals surface area contributed by atoms with Crippen LogP contribution >= 0.6 is 11.6 Å². The summed E-state index contributed by atoms with van der Waals surface area (Å²) >= 11 is 6.13. The number of amides is 2. The van der Waals surface area contributed by atoms with Crippen molar-refractivity contribution in [2.45, 2.75) is 0 Å². The van der Waals surface area contributed by atoms with Gasteiger partial charge in [-0.3, -0.25) is 0 Å². The zero-order valence-corrected chi connectivity index (χ0v) is 14.9. The van der Waals surface area contributed by atoms with E-state index in [1.165, 1.54) is 0 Å². The smallest absolute Gasteiger partial charge is 0.323 e. The Kier molecular flexibility index (Phi) is 5.61. The topological polar surface area (TPSA) is 62.4 Å². The summed E-state index contributed by atoms with van der Waals surface area (Å²) < 4.78 is 5.14. The predicted octanol–water partition coefficient (Wildman–Crippen LogP) is 5.74. The molecule has 3 rings (SSSR count). The van der Waals surface area contributed by atoms with Crippen LogP contribution in [-0.4, -0.2) is 13.1 Å². The molecule has 0 fully saturated rings. The van der Waals surface area contributed by atoms with Gasteiger partial charge in [0.05, 0.1) is 12.1 Å². The van der Waals surface area contributed by atoms with Crippen molar-refractivity contribution in [1.82, 2.24) is 0 Å². The molecule has 132 valence electrons. The molecule has 0 aliphatic carbocycles. The van der Waals surface area contributed by atoms with Crippen LogP contribution in [0, 0.1) is 0 Å². The average molecular weight is 368 g/mol. The number of benzene rings is 3. The van der Waals surface area contributed by atoms with Gasteiger partial charge in [0.1, 0.15) is 5.75 Å². The lowest BCUT2D eigenvalue weighted by atomic mass is 10.2. The summed E-state index contributed by atoms with van der Waals surface area (Å²) in [5.74, 6) is 0.626. The summed E-state index contributed by atoms with van der Waals surface area (Å²) in [5.41, 5.74) is 3.15. The molecule has 0 aliphatic heterocycles. The second-order valence-corrected chi connectivity index (χ2v) is 5.90. The number of carbonyl (C=O) groups excluding carboxylic acids is 1. The zero-order chi connectivity index (χ0) is 18.4. The molecule has 2 amide bonds. The van der Waals surface area contributed by atoms with E-state index >= 15 is 0 Å². The van der Waals surface area contributed by atoms with Gasteiger partial charge in [-0.1, -0.05) is 29.8 Å². The molecule has 0 bridgehead atoms. The van der Waals surface area contributed by atoms with Crippen LogP contribution in [0.5, 0.6) is 5.75 Å². The summed E-state index contributed by atoms with van der Waals surface area (Å²) in [4.78, 5) is 12.0. The summed E-state index contributed by atoms with van der Waals surface area (Å²) in [7, 11) is 1.58. The lowest BCUT2D eigenvalue weighted by Gasteiger charge is -2.11. The molecule has 0 aliphatic rings. The molecule has 3 aromatic carbocycles. The molecular weight excluding hydrogens is 350 g/mol. The summed E-state index contributed by atoms with van der Waals surface area (Å²) in [6, 6.07) is 21.8. The first-order valence-corrected chi connectivity index (χ1v) is 8.35. The molecule has 3 aromatic rings. The maximum absolute atomic E-state index is 12.0. The molecule has 3 N–H and O–H groups in total. The van der Waals surface area contributed by atoms with Crippen LogP contribution in [0.2, 0.25) is 5.02 Å². The van der Waals surface area contributed by atoms with Crippen LogP contribution in [0.3, 0.4) is 0 Å². The largest absolute Gasteiger partial charge is 0.495 e. The lowest BCUT2D eigenvalue weighted by Crippen LogP contribution is -2.19. The Morgan fingerprint density at radius 2 is 1.38 bits per heavy atom. The maximum Gasteiger partial charge on any atom is 0.323 e. The standard InChI is InChI=1S/C20H18ClN3O2/c1-26-19-12-11-17(13-18(19)21)22-15-7-9-16(10-8-15)24-20(25)23-14-5-3-2-4-6-14/h2-13,22H,1H3,(H2,23,24,25). The molecule has 0 saturated heterocycles. The minimum Gasteiger partial charge on any atom is -0.495 e. The number of hydrogen-bond donors (Lipinski definition) is 3. The summed E-state index contributed by atoms with van der Waals surface area (Å²) in [6.45, 7) is 0. The number of halogens is 1. The fourth-order valence-corrected chi connectivity index (χ4v) is 2.62. The molecule has 26 heavy (non-hydrogen) atoms. The maximum atomic E-state index is 12.0. The van der Waals surface area contributed by atoms with Crippen molar-refractivity contribution in [3.8, 4) is 5.75 Å². The van der Waals surface area contributed by atoms with Gasteiger partial charge in [0, 0.05) is 22.7 Å². The lowest BCUT2D eigenvalue weighted by molar-refractivity contribution is 0.262. The van der Waals surface area contributed by atoms with Crippen molar-refractivity contribution in [2.75, 3.05) is 23.1 Å². The molecule has 0 unspecified atom stereocenters. The van der Waals surface area contributed by atoms with Crippen LogP contribution in [0.15, 0.2) is 72.8 Å². The molecule has 0 heterocycles. The number of methoxy groups -OCH3 is 1. The van der Waals surface area contributed by atoms with Gasteiger partial charge in [-0.25, -0.2) is 4.79 Å². The fraction of sp³-hybridized carbons (Fsp3) is 0.0500. The van der Waals surface area contributed by atoms with Gasteiger partial charge in [-0.05, 0) is 54.6 Å². The van der Waals surface area contributed by atoms with Crippen molar-refractivity contribution in [2.24, 2.45) is 0 Å². The molecule has 0 saturated carbocycles. The van der Waals surface area contributed by atoms with Gasteiger partial charge >= 0.3 is 6.03 Å². The third-order valence-corrected chi connectivity index (χ3v) is 3.91. The van der Waals surface area contributed by atoms with E-state index in [2.05, 4.69) is 16.0 Å². The Bertz CT molecular complexity index is 883. The summed E-state index contributed by atoms with van der Waals surface area (Å²) in [5, 5.41) is 9.34. The highest BCUT2D eigenvalue weighted by atomic mass is 35.5. The molecule has 5 nitrogen and oxygen atoms in total. The van der Waals surface area contributed by atoms with Crippen molar-refractivity contribution < 1.29 is 9.53 Å². The second kappa shape index (κ2) is 8.27. The number of ether oxygens (including phenoxy) is 1. The van der Waals surface area contributed by atoms with Crippen molar-refractivity contribution in [1.29, 1.82) is 0 Å². The van der Waals surface area contributed by atoms with E-state index in [1.54, 1.807) is 19.2 Å². The number of urea groups is 1. The van der Waals surface area contributed by atoms with Gasteiger partial charge in [0.15, 0.2) is 0 Å². The molecule has 0 spiro atoms. The molecule has 6 heteroatoms. The number of para-hydroxylation sites is 1. The average Bonchev–Trinajstić information content (AvgIpc) is 2.64. The van der Waals surface area contributed by atoms with Gasteiger partial charge in [0.2, 0.25) is 0 Å². The molecule has 0 radical (unpaired) electrons. The van der Waals surface area contributed by atoms with E-state index in [0.717, 1.165) is 17.1 Å². The van der Waals surface area contributed by atoms with Crippen LogP contribution in [-0.2, 0) is 0 Å². The number of anilines is 4. The predicted molar refractivity (Wildman–Crippen MR) is 107 cm³/mol. The second-order valence-electron chi connectivity index (χ2n) is 5.50. The van der Waals surface area contributed by atoms with E-state index in [0.29, 0.717) is 16.5 Å². The fourth-order valence-electron chi connectivity index (χ4n) is 2.36. The van der Waals surface area contributed by atoms with Gasteiger partial charge < -0.3 is 20.7 Å². The Labute approximate surface area is 157 Å². The van der Waals surface area contributed by atoms with Crippen LogP contribution in [0.1, 0.15) is 0 Å². The Hall–Kier alpha value is -3.18. The first-order valence-electron chi connectivity index (χ1n) is 7.98. The van der Waals surface area contributed by atoms with Crippen LogP contribution in [0.25, 0.3) is 0 Å².